The van der Waals surface area contributed by atoms with E-state index in [0.29, 0.717) is 0 Å². The van der Waals surface area contributed by atoms with Crippen LogP contribution < -0.4 is 5.73 Å². The predicted octanol–water partition coefficient (Wildman–Crippen LogP) is -1.33. The zero-order chi connectivity index (χ0) is 11.5. The van der Waals surface area contributed by atoms with Crippen molar-refractivity contribution in [2.24, 2.45) is 0 Å². The summed E-state index contributed by atoms with van der Waals surface area (Å²) in [6, 6.07) is 0. The second-order valence-electron chi connectivity index (χ2n) is 2.83. The molecule has 1 rings (SSSR count). The van der Waals surface area contributed by atoms with Crippen molar-refractivity contribution < 1.29 is 13.5 Å². The third-order valence-electron chi connectivity index (χ3n) is 1.77. The number of sulfonamides is 1. The van der Waals surface area contributed by atoms with Crippen molar-refractivity contribution in [1.29, 1.82) is 0 Å². The van der Waals surface area contributed by atoms with Crippen LogP contribution in [0.4, 0.5) is 5.95 Å². The lowest BCUT2D eigenvalue weighted by Gasteiger charge is -2.14. The summed E-state index contributed by atoms with van der Waals surface area (Å²) in [4.78, 5) is 7.12. The minimum atomic E-state index is -3.63. The minimum absolute atomic E-state index is 0.0127. The van der Waals surface area contributed by atoms with E-state index in [1.165, 1.54) is 7.05 Å². The number of likely N-dealkylation sites (N-methyl/N-ethyl adjacent to an activating group) is 1. The zero-order valence-electron chi connectivity index (χ0n) is 8.16. The van der Waals surface area contributed by atoms with Gasteiger partial charge in [0, 0.05) is 13.6 Å². The Morgan fingerprint density at radius 3 is 2.47 bits per heavy atom. The molecule has 1 aromatic heterocycles. The topological polar surface area (TPSA) is 109 Å². The van der Waals surface area contributed by atoms with Crippen LogP contribution in [0.3, 0.4) is 0 Å². The fraction of sp³-hybridized carbons (Fsp3) is 0.429. The van der Waals surface area contributed by atoms with Gasteiger partial charge in [0.15, 0.2) is 0 Å². The molecule has 0 unspecified atom stereocenters. The molecule has 0 radical (unpaired) electrons. The maximum Gasteiger partial charge on any atom is 0.245 e. The molecule has 0 atom stereocenters. The summed E-state index contributed by atoms with van der Waals surface area (Å²) in [6.45, 7) is -0.224. The van der Waals surface area contributed by atoms with Gasteiger partial charge in [0.25, 0.3) is 0 Å². The standard InChI is InChI=1S/C7H12N4O3S/c1-11(2-3-12)15(13,14)6-4-9-7(8)10-5-6/h4-5,12H,2-3H2,1H3,(H2,8,9,10). The van der Waals surface area contributed by atoms with E-state index >= 15 is 0 Å². The van der Waals surface area contributed by atoms with Gasteiger partial charge in [0.1, 0.15) is 4.90 Å². The monoisotopic (exact) mass is 232 g/mol. The second kappa shape index (κ2) is 4.51. The summed E-state index contributed by atoms with van der Waals surface area (Å²) in [5.41, 5.74) is 5.23. The molecule has 0 aliphatic carbocycles. The van der Waals surface area contributed by atoms with Crippen molar-refractivity contribution in [3.8, 4) is 0 Å². The number of aromatic nitrogens is 2. The molecule has 1 heterocycles. The average molecular weight is 232 g/mol. The number of nitrogens with two attached hydrogens (primary N) is 1. The van der Waals surface area contributed by atoms with Gasteiger partial charge in [0.2, 0.25) is 16.0 Å². The van der Waals surface area contributed by atoms with Gasteiger partial charge in [-0.15, -0.1) is 0 Å². The number of anilines is 1. The normalized spacial score (nSPS) is 11.9. The van der Waals surface area contributed by atoms with Crippen LogP contribution in [-0.2, 0) is 10.0 Å². The predicted molar refractivity (Wildman–Crippen MR) is 53.3 cm³/mol. The molecular weight excluding hydrogens is 220 g/mol. The van der Waals surface area contributed by atoms with E-state index in [1.54, 1.807) is 0 Å². The summed E-state index contributed by atoms with van der Waals surface area (Å²) in [6.07, 6.45) is 2.26. The van der Waals surface area contributed by atoms with Crippen molar-refractivity contribution in [2.75, 3.05) is 25.9 Å². The minimum Gasteiger partial charge on any atom is -0.395 e. The molecule has 0 aliphatic heterocycles. The molecule has 0 bridgehead atoms. The van der Waals surface area contributed by atoms with E-state index in [4.69, 9.17) is 10.8 Å². The van der Waals surface area contributed by atoms with E-state index < -0.39 is 10.0 Å². The first kappa shape index (κ1) is 11.8. The van der Waals surface area contributed by atoms with Crippen molar-refractivity contribution in [3.63, 3.8) is 0 Å². The highest BCUT2D eigenvalue weighted by Crippen LogP contribution is 2.11. The van der Waals surface area contributed by atoms with Crippen LogP contribution in [0.25, 0.3) is 0 Å². The highest BCUT2D eigenvalue weighted by molar-refractivity contribution is 7.89. The van der Waals surface area contributed by atoms with Crippen LogP contribution in [-0.4, -0.2) is 48.0 Å². The lowest BCUT2D eigenvalue weighted by atomic mass is 10.7. The molecule has 3 N–H and O–H groups in total. The molecule has 0 fully saturated rings. The van der Waals surface area contributed by atoms with Crippen molar-refractivity contribution in [1.82, 2.24) is 14.3 Å². The summed E-state index contributed by atoms with van der Waals surface area (Å²) in [7, 11) is -2.26. The van der Waals surface area contributed by atoms with Gasteiger partial charge < -0.3 is 10.8 Å². The molecular formula is C7H12N4O3S. The van der Waals surface area contributed by atoms with Gasteiger partial charge in [-0.05, 0) is 0 Å². The number of nitrogens with zero attached hydrogens (tertiary/aromatic N) is 3. The Balaban J connectivity index is 3.01. The number of rotatable bonds is 4. The lowest BCUT2D eigenvalue weighted by molar-refractivity contribution is 0.266. The Kier molecular flexibility index (Phi) is 3.56. The number of aliphatic hydroxyl groups excluding tert-OH is 1. The van der Waals surface area contributed by atoms with E-state index in [1.807, 2.05) is 0 Å². The van der Waals surface area contributed by atoms with Gasteiger partial charge in [-0.1, -0.05) is 0 Å². The molecule has 15 heavy (non-hydrogen) atoms. The van der Waals surface area contributed by atoms with E-state index in [2.05, 4.69) is 9.97 Å². The fourth-order valence-electron chi connectivity index (χ4n) is 0.900. The second-order valence-corrected chi connectivity index (χ2v) is 4.87. The summed E-state index contributed by atoms with van der Waals surface area (Å²) in [5, 5.41) is 8.63. The van der Waals surface area contributed by atoms with Crippen LogP contribution in [0, 0.1) is 0 Å². The maximum absolute atomic E-state index is 11.7. The fourth-order valence-corrected chi connectivity index (χ4v) is 1.95. The highest BCUT2D eigenvalue weighted by atomic mass is 32.2. The third kappa shape index (κ3) is 2.61. The highest BCUT2D eigenvalue weighted by Gasteiger charge is 2.20. The van der Waals surface area contributed by atoms with Crippen LogP contribution >= 0.6 is 0 Å². The van der Waals surface area contributed by atoms with E-state index in [-0.39, 0.29) is 24.0 Å². The van der Waals surface area contributed by atoms with Crippen LogP contribution in [0.1, 0.15) is 0 Å². The average Bonchev–Trinajstić information content (AvgIpc) is 2.18. The Hall–Kier alpha value is -1.25. The first-order chi connectivity index (χ1) is 6.98. The molecule has 8 heteroatoms. The maximum atomic E-state index is 11.7. The molecule has 0 spiro atoms. The van der Waals surface area contributed by atoms with Crippen molar-refractivity contribution >= 4 is 16.0 Å². The largest absolute Gasteiger partial charge is 0.395 e. The first-order valence-electron chi connectivity index (χ1n) is 4.13. The quantitative estimate of drug-likeness (QED) is 0.665. The molecule has 0 aliphatic rings. The summed E-state index contributed by atoms with van der Waals surface area (Å²) in [5.74, 6) is 0.0127. The molecule has 0 aromatic carbocycles. The van der Waals surface area contributed by atoms with Gasteiger partial charge in [-0.2, -0.15) is 4.31 Å². The third-order valence-corrected chi connectivity index (χ3v) is 3.58. The van der Waals surface area contributed by atoms with Crippen LogP contribution in [0.2, 0.25) is 0 Å². The van der Waals surface area contributed by atoms with Gasteiger partial charge in [-0.3, -0.25) is 0 Å². The lowest BCUT2D eigenvalue weighted by Crippen LogP contribution is -2.29. The van der Waals surface area contributed by atoms with Crippen molar-refractivity contribution in [2.45, 2.75) is 4.90 Å². The number of aliphatic hydroxyl groups is 1. The summed E-state index contributed by atoms with van der Waals surface area (Å²) >= 11 is 0. The Labute approximate surface area is 87.6 Å². The van der Waals surface area contributed by atoms with Crippen molar-refractivity contribution in [3.05, 3.63) is 12.4 Å². The first-order valence-corrected chi connectivity index (χ1v) is 5.57. The number of nitrogen functional groups attached to an aromatic ring is 1. The molecule has 0 amide bonds. The molecule has 7 nitrogen and oxygen atoms in total. The van der Waals surface area contributed by atoms with Crippen LogP contribution in [0.15, 0.2) is 17.3 Å². The van der Waals surface area contributed by atoms with Gasteiger partial charge in [-0.25, -0.2) is 18.4 Å². The molecule has 1 aromatic rings. The SMILES string of the molecule is CN(CCO)S(=O)(=O)c1cnc(N)nc1. The number of hydrogen-bond acceptors (Lipinski definition) is 6. The Morgan fingerprint density at radius 2 is 2.00 bits per heavy atom. The molecule has 0 saturated carbocycles. The zero-order valence-corrected chi connectivity index (χ0v) is 8.98. The van der Waals surface area contributed by atoms with E-state index in [9.17, 15) is 8.42 Å². The van der Waals surface area contributed by atoms with Gasteiger partial charge >= 0.3 is 0 Å². The van der Waals surface area contributed by atoms with E-state index in [0.717, 1.165) is 16.7 Å². The van der Waals surface area contributed by atoms with Gasteiger partial charge in [0.05, 0.1) is 19.0 Å². The smallest absolute Gasteiger partial charge is 0.245 e. The Bertz CT molecular complexity index is 416. The van der Waals surface area contributed by atoms with Crippen LogP contribution in [0.5, 0.6) is 0 Å². The Morgan fingerprint density at radius 1 is 1.47 bits per heavy atom. The molecule has 0 saturated heterocycles. The summed E-state index contributed by atoms with van der Waals surface area (Å²) < 4.78 is 24.5. The number of hydrogen-bond donors (Lipinski definition) is 2. The molecule has 84 valence electrons.